The van der Waals surface area contributed by atoms with Gasteiger partial charge in [-0.3, -0.25) is 0 Å². The van der Waals surface area contributed by atoms with E-state index in [4.69, 9.17) is 4.42 Å². The number of nitrogens with one attached hydrogen (secondary N) is 1. The highest BCUT2D eigenvalue weighted by atomic mass is 32.1. The van der Waals surface area contributed by atoms with E-state index in [0.29, 0.717) is 0 Å². The Bertz CT molecular complexity index is 498. The predicted molar refractivity (Wildman–Crippen MR) is 72.8 cm³/mol. The second-order valence-electron chi connectivity index (χ2n) is 4.25. The molecule has 1 atom stereocenters. The zero-order chi connectivity index (χ0) is 12.4. The van der Waals surface area contributed by atoms with Gasteiger partial charge in [0, 0.05) is 16.2 Å². The molecule has 0 aliphatic rings. The summed E-state index contributed by atoms with van der Waals surface area (Å²) < 4.78 is 5.85. The van der Waals surface area contributed by atoms with Crippen molar-refractivity contribution in [3.8, 4) is 0 Å². The Morgan fingerprint density at radius 3 is 2.59 bits per heavy atom. The van der Waals surface area contributed by atoms with E-state index < -0.39 is 0 Å². The van der Waals surface area contributed by atoms with Crippen molar-refractivity contribution in [2.45, 2.75) is 33.2 Å². The molecule has 92 valence electrons. The third kappa shape index (κ3) is 2.45. The van der Waals surface area contributed by atoms with Crippen molar-refractivity contribution in [3.05, 3.63) is 45.0 Å². The molecule has 0 amide bonds. The van der Waals surface area contributed by atoms with Crippen LogP contribution in [-0.4, -0.2) is 7.05 Å². The monoisotopic (exact) mass is 249 g/mol. The standard InChI is InChI=1S/C14H19NOS/c1-5-11-6-7-13(16-11)14(15-4)12-8-9(2)17-10(12)3/h6-8,14-15H,5H2,1-4H3. The molecule has 2 aromatic rings. The normalized spacial score (nSPS) is 12.9. The molecule has 1 N–H and O–H groups in total. The summed E-state index contributed by atoms with van der Waals surface area (Å²) in [6, 6.07) is 6.55. The van der Waals surface area contributed by atoms with Gasteiger partial charge in [0.05, 0.1) is 6.04 Å². The maximum atomic E-state index is 5.85. The number of thiophene rings is 1. The van der Waals surface area contributed by atoms with Crippen molar-refractivity contribution in [3.63, 3.8) is 0 Å². The summed E-state index contributed by atoms with van der Waals surface area (Å²) in [7, 11) is 1.98. The molecule has 17 heavy (non-hydrogen) atoms. The molecule has 0 aromatic carbocycles. The van der Waals surface area contributed by atoms with Crippen LogP contribution < -0.4 is 5.32 Å². The van der Waals surface area contributed by atoms with Crippen LogP contribution >= 0.6 is 11.3 Å². The van der Waals surface area contributed by atoms with Gasteiger partial charge >= 0.3 is 0 Å². The molecule has 2 rings (SSSR count). The Hall–Kier alpha value is -1.06. The second kappa shape index (κ2) is 5.07. The van der Waals surface area contributed by atoms with Crippen LogP contribution in [0.15, 0.2) is 22.6 Å². The summed E-state index contributed by atoms with van der Waals surface area (Å²) in [5.41, 5.74) is 1.33. The number of furan rings is 1. The van der Waals surface area contributed by atoms with Crippen LogP contribution in [0.3, 0.4) is 0 Å². The lowest BCUT2D eigenvalue weighted by atomic mass is 10.1. The molecule has 0 fully saturated rings. The quantitative estimate of drug-likeness (QED) is 0.891. The van der Waals surface area contributed by atoms with Gasteiger partial charge in [0.2, 0.25) is 0 Å². The Morgan fingerprint density at radius 2 is 2.12 bits per heavy atom. The van der Waals surface area contributed by atoms with Crippen molar-refractivity contribution in [1.29, 1.82) is 0 Å². The molecule has 1 unspecified atom stereocenters. The summed E-state index contributed by atoms with van der Waals surface area (Å²) in [4.78, 5) is 2.70. The Balaban J connectivity index is 2.36. The molecular formula is C14H19NOS. The summed E-state index contributed by atoms with van der Waals surface area (Å²) >= 11 is 1.84. The summed E-state index contributed by atoms with van der Waals surface area (Å²) in [5, 5.41) is 3.34. The molecule has 2 aromatic heterocycles. The number of rotatable bonds is 4. The van der Waals surface area contributed by atoms with E-state index in [1.54, 1.807) is 0 Å². The molecule has 0 spiro atoms. The van der Waals surface area contributed by atoms with Crippen LogP contribution in [0.1, 0.15) is 39.8 Å². The van der Waals surface area contributed by atoms with Crippen LogP contribution in [0.2, 0.25) is 0 Å². The van der Waals surface area contributed by atoms with Gasteiger partial charge in [-0.15, -0.1) is 11.3 Å². The average molecular weight is 249 g/mol. The fourth-order valence-electron chi connectivity index (χ4n) is 2.13. The minimum atomic E-state index is 0.167. The van der Waals surface area contributed by atoms with E-state index >= 15 is 0 Å². The van der Waals surface area contributed by atoms with Crippen LogP contribution in [0.4, 0.5) is 0 Å². The third-order valence-corrected chi connectivity index (χ3v) is 3.98. The van der Waals surface area contributed by atoms with E-state index in [0.717, 1.165) is 17.9 Å². The first-order chi connectivity index (χ1) is 8.15. The number of hydrogen-bond acceptors (Lipinski definition) is 3. The largest absolute Gasteiger partial charge is 0.464 e. The summed E-state index contributed by atoms with van der Waals surface area (Å²) in [6.45, 7) is 6.42. The molecule has 0 saturated carbocycles. The predicted octanol–water partition coefficient (Wildman–Crippen LogP) is 3.83. The van der Waals surface area contributed by atoms with Gasteiger partial charge in [-0.05, 0) is 44.7 Å². The van der Waals surface area contributed by atoms with Crippen LogP contribution in [0, 0.1) is 13.8 Å². The summed E-state index contributed by atoms with van der Waals surface area (Å²) in [5.74, 6) is 2.05. The van der Waals surface area contributed by atoms with Gasteiger partial charge in [0.1, 0.15) is 11.5 Å². The van der Waals surface area contributed by atoms with Crippen LogP contribution in [0.5, 0.6) is 0 Å². The van der Waals surface area contributed by atoms with Gasteiger partial charge in [0.15, 0.2) is 0 Å². The average Bonchev–Trinajstić information content (AvgIpc) is 2.88. The van der Waals surface area contributed by atoms with E-state index in [9.17, 15) is 0 Å². The molecule has 0 aliphatic heterocycles. The second-order valence-corrected chi connectivity index (χ2v) is 5.71. The molecule has 2 nitrogen and oxygen atoms in total. The Kier molecular flexibility index (Phi) is 3.69. The Labute approximate surface area is 107 Å². The molecule has 2 heterocycles. The zero-order valence-corrected chi connectivity index (χ0v) is 11.6. The lowest BCUT2D eigenvalue weighted by Crippen LogP contribution is -2.17. The van der Waals surface area contributed by atoms with E-state index in [-0.39, 0.29) is 6.04 Å². The first-order valence-electron chi connectivity index (χ1n) is 5.98. The minimum Gasteiger partial charge on any atom is -0.464 e. The Morgan fingerprint density at radius 1 is 1.35 bits per heavy atom. The molecule has 3 heteroatoms. The number of aryl methyl sites for hydroxylation is 3. The van der Waals surface area contributed by atoms with E-state index in [2.05, 4.69) is 44.3 Å². The highest BCUT2D eigenvalue weighted by Crippen LogP contribution is 2.31. The maximum absolute atomic E-state index is 5.85. The van der Waals surface area contributed by atoms with Gasteiger partial charge in [-0.25, -0.2) is 0 Å². The molecule has 0 saturated heterocycles. The smallest absolute Gasteiger partial charge is 0.125 e. The van der Waals surface area contributed by atoms with Crippen molar-refractivity contribution in [1.82, 2.24) is 5.32 Å². The first kappa shape index (κ1) is 12.4. The van der Waals surface area contributed by atoms with Crippen LogP contribution in [0.25, 0.3) is 0 Å². The first-order valence-corrected chi connectivity index (χ1v) is 6.80. The highest BCUT2D eigenvalue weighted by Gasteiger charge is 2.19. The lowest BCUT2D eigenvalue weighted by molar-refractivity contribution is 0.434. The lowest BCUT2D eigenvalue weighted by Gasteiger charge is -2.13. The highest BCUT2D eigenvalue weighted by molar-refractivity contribution is 7.12. The summed E-state index contributed by atoms with van der Waals surface area (Å²) in [6.07, 6.45) is 0.943. The van der Waals surface area contributed by atoms with E-state index in [1.807, 2.05) is 18.4 Å². The minimum absolute atomic E-state index is 0.167. The number of hydrogen-bond donors (Lipinski definition) is 1. The van der Waals surface area contributed by atoms with Gasteiger partial charge in [0.25, 0.3) is 0 Å². The maximum Gasteiger partial charge on any atom is 0.125 e. The van der Waals surface area contributed by atoms with Crippen LogP contribution in [-0.2, 0) is 6.42 Å². The van der Waals surface area contributed by atoms with Gasteiger partial charge < -0.3 is 9.73 Å². The molecular weight excluding hydrogens is 230 g/mol. The van der Waals surface area contributed by atoms with Crippen molar-refractivity contribution in [2.75, 3.05) is 7.05 Å². The van der Waals surface area contributed by atoms with Crippen molar-refractivity contribution in [2.24, 2.45) is 0 Å². The fraction of sp³-hybridized carbons (Fsp3) is 0.429. The topological polar surface area (TPSA) is 25.2 Å². The van der Waals surface area contributed by atoms with Crippen molar-refractivity contribution >= 4 is 11.3 Å². The molecule has 0 bridgehead atoms. The molecule has 0 radical (unpaired) electrons. The SMILES string of the molecule is CCc1ccc(C(NC)c2cc(C)sc2C)o1. The van der Waals surface area contributed by atoms with Gasteiger partial charge in [-0.1, -0.05) is 6.92 Å². The third-order valence-electron chi connectivity index (χ3n) is 2.99. The van der Waals surface area contributed by atoms with Crippen molar-refractivity contribution < 1.29 is 4.42 Å². The molecule has 0 aliphatic carbocycles. The zero-order valence-electron chi connectivity index (χ0n) is 10.8. The van der Waals surface area contributed by atoms with E-state index in [1.165, 1.54) is 15.3 Å². The van der Waals surface area contributed by atoms with Gasteiger partial charge in [-0.2, -0.15) is 0 Å². The fourth-order valence-corrected chi connectivity index (χ4v) is 3.09.